The molecule has 1 aliphatic carbocycles. The van der Waals surface area contributed by atoms with Crippen molar-refractivity contribution in [2.75, 3.05) is 26.2 Å². The van der Waals surface area contributed by atoms with E-state index >= 15 is 0 Å². The third-order valence-electron chi connectivity index (χ3n) is 6.71. The van der Waals surface area contributed by atoms with E-state index in [9.17, 15) is 13.5 Å². The van der Waals surface area contributed by atoms with Crippen LogP contribution in [0.3, 0.4) is 0 Å². The molecule has 1 saturated carbocycles. The van der Waals surface area contributed by atoms with E-state index in [0.717, 1.165) is 6.54 Å². The van der Waals surface area contributed by atoms with Gasteiger partial charge in [0.25, 0.3) is 0 Å². The molecule has 148 valence electrons. The summed E-state index contributed by atoms with van der Waals surface area (Å²) in [5.41, 5.74) is 1.00. The van der Waals surface area contributed by atoms with Crippen LogP contribution in [0, 0.1) is 5.92 Å². The van der Waals surface area contributed by atoms with Crippen LogP contribution >= 0.6 is 0 Å². The highest BCUT2D eigenvalue weighted by atomic mass is 32.2. The maximum absolute atomic E-state index is 13.0. The molecule has 28 heavy (non-hydrogen) atoms. The Morgan fingerprint density at radius 2 is 1.57 bits per heavy atom. The highest BCUT2D eigenvalue weighted by Gasteiger charge is 2.67. The highest BCUT2D eigenvalue weighted by Crippen LogP contribution is 2.55. The first-order valence-corrected chi connectivity index (χ1v) is 11.5. The largest absolute Gasteiger partial charge is 0.395 e. The molecule has 1 N–H and O–H groups in total. The summed E-state index contributed by atoms with van der Waals surface area (Å²) in [5.74, 6) is 0.863. The predicted octanol–water partition coefficient (Wildman–Crippen LogP) is 2.30. The van der Waals surface area contributed by atoms with Crippen molar-refractivity contribution in [1.82, 2.24) is 9.21 Å². The van der Waals surface area contributed by atoms with Crippen LogP contribution in [-0.4, -0.2) is 60.6 Å². The lowest BCUT2D eigenvalue weighted by Crippen LogP contribution is -2.85. The molecule has 2 heterocycles. The second-order valence-corrected chi connectivity index (χ2v) is 10.4. The van der Waals surface area contributed by atoms with Crippen molar-refractivity contribution >= 4 is 10.0 Å². The lowest BCUT2D eigenvalue weighted by molar-refractivity contribution is -0.172. The van der Waals surface area contributed by atoms with E-state index in [4.69, 9.17) is 0 Å². The Morgan fingerprint density at radius 1 is 0.964 bits per heavy atom. The lowest BCUT2D eigenvalue weighted by atomic mass is 9.61. The maximum Gasteiger partial charge on any atom is 0.243 e. The number of hydrogen-bond donors (Lipinski definition) is 1. The Balaban J connectivity index is 1.44. The summed E-state index contributed by atoms with van der Waals surface area (Å²) < 4.78 is 27.7. The van der Waals surface area contributed by atoms with Gasteiger partial charge in [0, 0.05) is 31.6 Å². The van der Waals surface area contributed by atoms with Crippen molar-refractivity contribution < 1.29 is 13.5 Å². The monoisotopic (exact) mass is 398 g/mol. The molecule has 0 radical (unpaired) electrons. The predicted molar refractivity (Wildman–Crippen MR) is 107 cm³/mol. The average Bonchev–Trinajstić information content (AvgIpc) is 3.49. The first-order valence-electron chi connectivity index (χ1n) is 10.0. The zero-order valence-electron chi connectivity index (χ0n) is 15.8. The number of likely N-dealkylation sites (tertiary alicyclic amines) is 1. The molecule has 1 spiro atoms. The number of benzene rings is 2. The van der Waals surface area contributed by atoms with Crippen LogP contribution in [0.25, 0.3) is 0 Å². The molecule has 2 aromatic rings. The van der Waals surface area contributed by atoms with Gasteiger partial charge in [-0.1, -0.05) is 48.5 Å². The smallest absolute Gasteiger partial charge is 0.243 e. The zero-order valence-corrected chi connectivity index (χ0v) is 16.6. The molecule has 2 saturated heterocycles. The molecule has 2 aliphatic heterocycles. The summed E-state index contributed by atoms with van der Waals surface area (Å²) >= 11 is 0. The molecular weight excluding hydrogens is 372 g/mol. The first-order chi connectivity index (χ1) is 13.6. The van der Waals surface area contributed by atoms with Crippen LogP contribution in [0.2, 0.25) is 0 Å². The molecule has 3 aliphatic rings. The van der Waals surface area contributed by atoms with Crippen molar-refractivity contribution in [3.8, 4) is 0 Å². The minimum Gasteiger partial charge on any atom is -0.395 e. The van der Waals surface area contributed by atoms with E-state index in [2.05, 4.69) is 17.0 Å². The van der Waals surface area contributed by atoms with Gasteiger partial charge in [-0.2, -0.15) is 4.31 Å². The molecule has 2 aromatic carbocycles. The third kappa shape index (κ3) is 2.74. The molecule has 0 amide bonds. The minimum absolute atomic E-state index is 0.0737. The first kappa shape index (κ1) is 18.3. The maximum atomic E-state index is 13.0. The number of nitrogens with zero attached hydrogens (tertiary/aromatic N) is 2. The van der Waals surface area contributed by atoms with E-state index in [0.29, 0.717) is 23.9 Å². The summed E-state index contributed by atoms with van der Waals surface area (Å²) in [6.45, 7) is 2.06. The molecule has 3 fully saturated rings. The normalized spacial score (nSPS) is 27.3. The van der Waals surface area contributed by atoms with E-state index in [-0.39, 0.29) is 24.1 Å². The second-order valence-electron chi connectivity index (χ2n) is 8.42. The molecule has 0 aromatic heterocycles. The average molecular weight is 399 g/mol. The van der Waals surface area contributed by atoms with Gasteiger partial charge in [0.05, 0.1) is 17.0 Å². The van der Waals surface area contributed by atoms with Crippen LogP contribution in [-0.2, 0) is 10.0 Å². The summed E-state index contributed by atoms with van der Waals surface area (Å²) in [6.07, 6.45) is 2.49. The standard InChI is InChI=1S/C22H26N2O3S/c25-14-20-21(18-7-3-1-4-8-18)22(24(20)13-17-11-12-17)15-23(16-22)28(26,27)19-9-5-2-6-10-19/h1-10,17,20-21,25H,11-16H2/t20-,21-/m1/s1. The van der Waals surface area contributed by atoms with Gasteiger partial charge >= 0.3 is 0 Å². The van der Waals surface area contributed by atoms with Gasteiger partial charge in [0.1, 0.15) is 0 Å². The Hall–Kier alpha value is -1.73. The Bertz CT molecular complexity index is 938. The topological polar surface area (TPSA) is 60.9 Å². The Kier molecular flexibility index (Phi) is 4.36. The van der Waals surface area contributed by atoms with Crippen molar-refractivity contribution in [3.63, 3.8) is 0 Å². The fourth-order valence-corrected chi connectivity index (χ4v) is 6.70. The van der Waals surface area contributed by atoms with Gasteiger partial charge in [-0.05, 0) is 36.5 Å². The molecular formula is C22H26N2O3S. The molecule has 5 nitrogen and oxygen atoms in total. The highest BCUT2D eigenvalue weighted by molar-refractivity contribution is 7.89. The van der Waals surface area contributed by atoms with Gasteiger partial charge in [0.15, 0.2) is 0 Å². The third-order valence-corrected chi connectivity index (χ3v) is 8.52. The van der Waals surface area contributed by atoms with Gasteiger partial charge in [0.2, 0.25) is 10.0 Å². The Morgan fingerprint density at radius 3 is 2.14 bits per heavy atom. The SMILES string of the molecule is O=S(=O)(c1ccccc1)N1CC2(C1)[C@H](c1ccccc1)[C@@H](CO)N2CC1CC1. The van der Waals surface area contributed by atoms with Gasteiger partial charge in [-0.3, -0.25) is 4.90 Å². The van der Waals surface area contributed by atoms with Gasteiger partial charge < -0.3 is 5.11 Å². The van der Waals surface area contributed by atoms with Crippen molar-refractivity contribution in [3.05, 3.63) is 66.2 Å². The van der Waals surface area contributed by atoms with Crippen molar-refractivity contribution in [2.24, 2.45) is 5.92 Å². The fourth-order valence-electron chi connectivity index (χ4n) is 5.11. The summed E-state index contributed by atoms with van der Waals surface area (Å²) in [6, 6.07) is 19.0. The molecule has 5 rings (SSSR count). The number of aliphatic hydroxyl groups is 1. The summed E-state index contributed by atoms with van der Waals surface area (Å²) in [5, 5.41) is 10.1. The molecule has 6 heteroatoms. The number of sulfonamides is 1. The molecule has 0 bridgehead atoms. The van der Waals surface area contributed by atoms with E-state index in [1.807, 2.05) is 24.3 Å². The van der Waals surface area contributed by atoms with Gasteiger partial charge in [-0.25, -0.2) is 8.42 Å². The van der Waals surface area contributed by atoms with Crippen LogP contribution < -0.4 is 0 Å². The van der Waals surface area contributed by atoms with Crippen LogP contribution in [0.1, 0.15) is 24.3 Å². The van der Waals surface area contributed by atoms with Crippen molar-refractivity contribution in [2.45, 2.75) is 35.2 Å². The Labute approximate surface area is 166 Å². The summed E-state index contributed by atoms with van der Waals surface area (Å²) in [7, 11) is -3.47. The number of aliphatic hydroxyl groups excluding tert-OH is 1. The quantitative estimate of drug-likeness (QED) is 0.811. The number of hydrogen-bond acceptors (Lipinski definition) is 4. The molecule has 0 unspecified atom stereocenters. The molecule has 2 atom stereocenters. The van der Waals surface area contributed by atoms with Gasteiger partial charge in [-0.15, -0.1) is 0 Å². The lowest BCUT2D eigenvalue weighted by Gasteiger charge is -2.70. The van der Waals surface area contributed by atoms with E-state index < -0.39 is 10.0 Å². The van der Waals surface area contributed by atoms with Crippen LogP contribution in [0.15, 0.2) is 65.6 Å². The van der Waals surface area contributed by atoms with E-state index in [1.54, 1.807) is 28.6 Å². The fraction of sp³-hybridized carbons (Fsp3) is 0.455. The summed E-state index contributed by atoms with van der Waals surface area (Å²) in [4.78, 5) is 2.76. The zero-order chi connectivity index (χ0) is 19.4. The second kappa shape index (κ2) is 6.66. The van der Waals surface area contributed by atoms with E-state index in [1.165, 1.54) is 18.4 Å². The van der Waals surface area contributed by atoms with Crippen molar-refractivity contribution in [1.29, 1.82) is 0 Å². The van der Waals surface area contributed by atoms with Crippen LogP contribution in [0.5, 0.6) is 0 Å². The minimum atomic E-state index is -3.47. The van der Waals surface area contributed by atoms with Crippen LogP contribution in [0.4, 0.5) is 0 Å². The number of rotatable bonds is 6.